The van der Waals surface area contributed by atoms with Gasteiger partial charge in [-0.25, -0.2) is 4.98 Å². The number of nitrogens with zero attached hydrogens (tertiary/aromatic N) is 2. The summed E-state index contributed by atoms with van der Waals surface area (Å²) in [6.07, 6.45) is 4.17. The summed E-state index contributed by atoms with van der Waals surface area (Å²) in [5.74, 6) is 0.000783. The van der Waals surface area contributed by atoms with Crippen molar-refractivity contribution in [3.8, 4) is 0 Å². The van der Waals surface area contributed by atoms with Crippen molar-refractivity contribution in [1.82, 2.24) is 4.98 Å². The second kappa shape index (κ2) is 8.23. The van der Waals surface area contributed by atoms with Crippen molar-refractivity contribution >= 4 is 44.4 Å². The number of hydrogen-bond acceptors (Lipinski definition) is 5. The predicted octanol–water partition coefficient (Wildman–Crippen LogP) is 5.46. The summed E-state index contributed by atoms with van der Waals surface area (Å²) in [5.41, 5.74) is 3.74. The molecule has 4 nitrogen and oxygen atoms in total. The van der Waals surface area contributed by atoms with Crippen LogP contribution in [0.5, 0.6) is 0 Å². The molecule has 1 saturated heterocycles. The first-order chi connectivity index (χ1) is 13.5. The highest BCUT2D eigenvalue weighted by Crippen LogP contribution is 2.33. The van der Waals surface area contributed by atoms with Crippen LogP contribution >= 0.6 is 23.1 Å². The van der Waals surface area contributed by atoms with Crippen LogP contribution < -0.4 is 4.90 Å². The largest absolute Gasteiger partial charge is 0.376 e. The fourth-order valence-corrected chi connectivity index (χ4v) is 5.01. The minimum atomic E-state index is 0.000783. The van der Waals surface area contributed by atoms with Crippen LogP contribution in [0.3, 0.4) is 0 Å². The van der Waals surface area contributed by atoms with Crippen LogP contribution in [0.25, 0.3) is 10.2 Å². The molecule has 0 N–H and O–H groups in total. The molecule has 0 aliphatic carbocycles. The van der Waals surface area contributed by atoms with Gasteiger partial charge in [-0.1, -0.05) is 29.0 Å². The highest BCUT2D eigenvalue weighted by molar-refractivity contribution is 7.98. The number of anilines is 1. The first-order valence-corrected chi connectivity index (χ1v) is 11.5. The number of thioether (sulfide) groups is 1. The number of ether oxygens (including phenoxy) is 1. The first kappa shape index (κ1) is 19.4. The third kappa shape index (κ3) is 3.95. The van der Waals surface area contributed by atoms with E-state index in [2.05, 4.69) is 18.4 Å². The summed E-state index contributed by atoms with van der Waals surface area (Å²) < 4.78 is 6.94. The maximum atomic E-state index is 13.5. The van der Waals surface area contributed by atoms with Crippen LogP contribution in [0.15, 0.2) is 41.3 Å². The number of carbonyl (C=O) groups is 1. The van der Waals surface area contributed by atoms with Gasteiger partial charge < -0.3 is 4.74 Å². The molecule has 4 rings (SSSR count). The molecule has 28 heavy (non-hydrogen) atoms. The van der Waals surface area contributed by atoms with Gasteiger partial charge in [-0.15, -0.1) is 11.8 Å². The second-order valence-electron chi connectivity index (χ2n) is 7.20. The Labute approximate surface area is 173 Å². The molecule has 146 valence electrons. The van der Waals surface area contributed by atoms with Crippen LogP contribution in [0.4, 0.5) is 5.13 Å². The van der Waals surface area contributed by atoms with E-state index in [9.17, 15) is 4.79 Å². The van der Waals surface area contributed by atoms with Crippen molar-refractivity contribution in [2.75, 3.05) is 24.3 Å². The smallest absolute Gasteiger partial charge is 0.260 e. The van der Waals surface area contributed by atoms with E-state index in [-0.39, 0.29) is 12.0 Å². The highest BCUT2D eigenvalue weighted by atomic mass is 32.2. The molecule has 1 aliphatic rings. The van der Waals surface area contributed by atoms with Crippen molar-refractivity contribution in [2.24, 2.45) is 0 Å². The Kier molecular flexibility index (Phi) is 5.71. The van der Waals surface area contributed by atoms with Crippen molar-refractivity contribution < 1.29 is 9.53 Å². The Balaban J connectivity index is 1.74. The summed E-state index contributed by atoms with van der Waals surface area (Å²) in [4.78, 5) is 21.4. The molecule has 0 bridgehead atoms. The Morgan fingerprint density at radius 3 is 2.89 bits per heavy atom. The SMILES string of the molecule is CSc1ccc2nc(N(CC3CCCO3)C(=O)c3cc(C)ccc3C)sc2c1. The van der Waals surface area contributed by atoms with Gasteiger partial charge in [0.1, 0.15) is 0 Å². The van der Waals surface area contributed by atoms with Crippen molar-refractivity contribution in [3.63, 3.8) is 0 Å². The molecule has 2 heterocycles. The zero-order valence-electron chi connectivity index (χ0n) is 16.4. The standard InChI is InChI=1S/C22H24N2O2S2/c1-14-6-7-15(2)18(11-14)21(25)24(13-16-5-4-10-26-16)22-23-19-9-8-17(27-3)12-20(19)28-22/h6-9,11-12,16H,4-5,10,13H2,1-3H3. The van der Waals surface area contributed by atoms with E-state index in [0.29, 0.717) is 6.54 Å². The summed E-state index contributed by atoms with van der Waals surface area (Å²) in [5, 5.41) is 0.745. The van der Waals surface area contributed by atoms with E-state index in [1.54, 1.807) is 23.1 Å². The predicted molar refractivity (Wildman–Crippen MR) is 118 cm³/mol. The lowest BCUT2D eigenvalue weighted by atomic mass is 10.0. The van der Waals surface area contributed by atoms with Crippen molar-refractivity contribution in [3.05, 3.63) is 53.1 Å². The third-order valence-electron chi connectivity index (χ3n) is 5.09. The van der Waals surface area contributed by atoms with Crippen LogP contribution in [-0.4, -0.2) is 36.4 Å². The Morgan fingerprint density at radius 1 is 1.29 bits per heavy atom. The molecule has 1 aromatic heterocycles. The fourth-order valence-electron chi connectivity index (χ4n) is 3.49. The molecule has 0 saturated carbocycles. The molecule has 3 aromatic rings. The summed E-state index contributed by atoms with van der Waals surface area (Å²) in [7, 11) is 0. The molecular formula is C22H24N2O2S2. The van der Waals surface area contributed by atoms with E-state index in [0.717, 1.165) is 51.5 Å². The Bertz CT molecular complexity index is 1010. The highest BCUT2D eigenvalue weighted by Gasteiger charge is 2.27. The third-order valence-corrected chi connectivity index (χ3v) is 6.86. The molecule has 0 radical (unpaired) electrons. The van der Waals surface area contributed by atoms with Gasteiger partial charge in [0.15, 0.2) is 5.13 Å². The number of aromatic nitrogens is 1. The monoisotopic (exact) mass is 412 g/mol. The van der Waals surface area contributed by atoms with E-state index < -0.39 is 0 Å². The van der Waals surface area contributed by atoms with Crippen LogP contribution in [-0.2, 0) is 4.74 Å². The lowest BCUT2D eigenvalue weighted by Crippen LogP contribution is -2.37. The van der Waals surface area contributed by atoms with Gasteiger partial charge in [-0.05, 0) is 62.8 Å². The molecule has 1 amide bonds. The number of carbonyl (C=O) groups excluding carboxylic acids is 1. The topological polar surface area (TPSA) is 42.4 Å². The van der Waals surface area contributed by atoms with Gasteiger partial charge >= 0.3 is 0 Å². The summed E-state index contributed by atoms with van der Waals surface area (Å²) >= 11 is 3.29. The van der Waals surface area contributed by atoms with Gasteiger partial charge in [-0.2, -0.15) is 0 Å². The summed E-state index contributed by atoms with van der Waals surface area (Å²) in [6, 6.07) is 12.3. The Hall–Kier alpha value is -1.89. The molecule has 1 aliphatic heterocycles. The van der Waals surface area contributed by atoms with E-state index in [4.69, 9.17) is 9.72 Å². The number of fused-ring (bicyclic) bond motifs is 1. The summed E-state index contributed by atoms with van der Waals surface area (Å²) in [6.45, 7) is 5.32. The molecule has 1 fully saturated rings. The second-order valence-corrected chi connectivity index (χ2v) is 9.09. The van der Waals surface area contributed by atoms with E-state index in [1.807, 2.05) is 43.0 Å². The van der Waals surface area contributed by atoms with Gasteiger partial charge in [0.2, 0.25) is 0 Å². The number of rotatable bonds is 5. The zero-order valence-corrected chi connectivity index (χ0v) is 18.0. The fraction of sp³-hybridized carbons (Fsp3) is 0.364. The van der Waals surface area contributed by atoms with Crippen LogP contribution in [0.2, 0.25) is 0 Å². The molecular weight excluding hydrogens is 388 g/mol. The molecule has 1 atom stereocenters. The van der Waals surface area contributed by atoms with Gasteiger partial charge in [0, 0.05) is 17.1 Å². The maximum absolute atomic E-state index is 13.5. The number of thiazole rings is 1. The van der Waals surface area contributed by atoms with Gasteiger partial charge in [0.25, 0.3) is 5.91 Å². The van der Waals surface area contributed by atoms with Crippen molar-refractivity contribution in [1.29, 1.82) is 0 Å². The zero-order chi connectivity index (χ0) is 19.7. The lowest BCUT2D eigenvalue weighted by molar-refractivity contribution is 0.0917. The number of amides is 1. The maximum Gasteiger partial charge on any atom is 0.260 e. The minimum Gasteiger partial charge on any atom is -0.376 e. The number of benzene rings is 2. The quantitative estimate of drug-likeness (QED) is 0.522. The lowest BCUT2D eigenvalue weighted by Gasteiger charge is -2.24. The first-order valence-electron chi connectivity index (χ1n) is 9.50. The van der Waals surface area contributed by atoms with Crippen LogP contribution in [0, 0.1) is 13.8 Å². The molecule has 2 aromatic carbocycles. The number of aryl methyl sites for hydroxylation is 2. The minimum absolute atomic E-state index is 0.000783. The van der Waals surface area contributed by atoms with Gasteiger partial charge in [-0.3, -0.25) is 9.69 Å². The molecule has 0 spiro atoms. The average Bonchev–Trinajstić information content (AvgIpc) is 3.36. The number of hydrogen-bond donors (Lipinski definition) is 0. The molecule has 1 unspecified atom stereocenters. The van der Waals surface area contributed by atoms with E-state index in [1.165, 1.54) is 4.90 Å². The normalized spacial score (nSPS) is 16.6. The Morgan fingerprint density at radius 2 is 2.14 bits per heavy atom. The molecule has 6 heteroatoms. The van der Waals surface area contributed by atoms with E-state index >= 15 is 0 Å². The van der Waals surface area contributed by atoms with Crippen LogP contribution in [0.1, 0.15) is 34.3 Å². The average molecular weight is 413 g/mol. The van der Waals surface area contributed by atoms with Gasteiger partial charge in [0.05, 0.1) is 22.9 Å². The van der Waals surface area contributed by atoms with Crippen molar-refractivity contribution in [2.45, 2.75) is 37.7 Å².